The highest BCUT2D eigenvalue weighted by Gasteiger charge is 2.35. The third-order valence-electron chi connectivity index (χ3n) is 3.80. The molecular weight excluding hydrogens is 308 g/mol. The third kappa shape index (κ3) is 3.24. The van der Waals surface area contributed by atoms with Crippen LogP contribution in [0, 0.1) is 12.8 Å². The van der Waals surface area contributed by atoms with Gasteiger partial charge in [-0.05, 0) is 38.8 Å². The molecule has 0 aliphatic heterocycles. The molecule has 2 aromatic rings. The van der Waals surface area contributed by atoms with Gasteiger partial charge in [0.25, 0.3) is 0 Å². The van der Waals surface area contributed by atoms with E-state index in [9.17, 15) is 9.59 Å². The second-order valence-electron chi connectivity index (χ2n) is 5.60. The molecule has 0 atom stereocenters. The van der Waals surface area contributed by atoms with Crippen LogP contribution in [0.15, 0.2) is 36.6 Å². The quantitative estimate of drug-likeness (QED) is 0.254. The van der Waals surface area contributed by atoms with Crippen LogP contribution in [-0.4, -0.2) is 37.9 Å². The third-order valence-corrected chi connectivity index (χ3v) is 3.80. The molecule has 1 aliphatic carbocycles. The van der Waals surface area contributed by atoms with Gasteiger partial charge in [0.1, 0.15) is 18.2 Å². The Balaban J connectivity index is 1.91. The van der Waals surface area contributed by atoms with E-state index in [0.717, 1.165) is 12.8 Å². The molecule has 0 radical (unpaired) electrons. The summed E-state index contributed by atoms with van der Waals surface area (Å²) in [5.41, 5.74) is 1.01. The van der Waals surface area contributed by atoms with Crippen molar-refractivity contribution in [1.29, 1.82) is 0 Å². The number of aryl methyl sites for hydroxylation is 1. The van der Waals surface area contributed by atoms with Crippen LogP contribution in [0.2, 0.25) is 0 Å². The van der Waals surface area contributed by atoms with Crippen molar-refractivity contribution >= 4 is 11.6 Å². The highest BCUT2D eigenvalue weighted by Crippen LogP contribution is 2.33. The Kier molecular flexibility index (Phi) is 4.50. The van der Waals surface area contributed by atoms with Crippen LogP contribution in [-0.2, 0) is 9.53 Å². The van der Waals surface area contributed by atoms with Crippen molar-refractivity contribution in [2.24, 2.45) is 5.92 Å². The van der Waals surface area contributed by atoms with Gasteiger partial charge in [0.05, 0.1) is 18.6 Å². The van der Waals surface area contributed by atoms with E-state index in [1.54, 1.807) is 26.0 Å². The van der Waals surface area contributed by atoms with Crippen LogP contribution < -0.4 is 0 Å². The van der Waals surface area contributed by atoms with Crippen molar-refractivity contribution in [3.63, 3.8) is 0 Å². The van der Waals surface area contributed by atoms with Gasteiger partial charge in [-0.1, -0.05) is 0 Å². The van der Waals surface area contributed by atoms with Gasteiger partial charge in [-0.2, -0.15) is 5.10 Å². The first kappa shape index (κ1) is 16.0. The van der Waals surface area contributed by atoms with Gasteiger partial charge in [-0.15, -0.1) is 0 Å². The first-order chi connectivity index (χ1) is 11.6. The van der Waals surface area contributed by atoms with E-state index >= 15 is 0 Å². The molecule has 0 spiro atoms. The number of ketones is 2. The van der Waals surface area contributed by atoms with Crippen LogP contribution in [0.5, 0.6) is 0 Å². The number of nitrogens with zero attached hydrogens (tertiary/aromatic N) is 4. The topological polar surface area (TPSA) is 87.0 Å². The molecule has 2 aromatic heterocycles. The summed E-state index contributed by atoms with van der Waals surface area (Å²) in [5.74, 6) is 0.0115. The summed E-state index contributed by atoms with van der Waals surface area (Å²) in [6, 6.07) is 3.33. The van der Waals surface area contributed by atoms with Crippen molar-refractivity contribution in [2.45, 2.75) is 26.7 Å². The standard InChI is InChI=1S/C17H18N4O3/c1-3-24-8-14(16(22)12-4-5-12)17(23)13-6-7-15(20-11(13)2)21-10-18-9-19-21/h6-10,12H,3-5H2,1-2H3. The Hall–Kier alpha value is -2.83. The van der Waals surface area contributed by atoms with Gasteiger partial charge in [0.15, 0.2) is 11.6 Å². The molecule has 124 valence electrons. The lowest BCUT2D eigenvalue weighted by atomic mass is 9.98. The highest BCUT2D eigenvalue weighted by atomic mass is 16.5. The fourth-order valence-electron chi connectivity index (χ4n) is 2.34. The van der Waals surface area contributed by atoms with Crippen LogP contribution in [0.3, 0.4) is 0 Å². The predicted molar refractivity (Wildman–Crippen MR) is 85.7 cm³/mol. The Morgan fingerprint density at radius 3 is 2.75 bits per heavy atom. The summed E-state index contributed by atoms with van der Waals surface area (Å²) >= 11 is 0. The second kappa shape index (κ2) is 6.74. The number of carbonyl (C=O) groups excluding carboxylic acids is 2. The molecule has 3 rings (SSSR count). The van der Waals surface area contributed by atoms with Crippen molar-refractivity contribution in [3.8, 4) is 5.82 Å². The molecule has 2 heterocycles. The predicted octanol–water partition coefficient (Wildman–Crippen LogP) is 2.05. The minimum absolute atomic E-state index is 0.0525. The smallest absolute Gasteiger partial charge is 0.201 e. The molecule has 0 N–H and O–H groups in total. The summed E-state index contributed by atoms with van der Waals surface area (Å²) in [4.78, 5) is 33.4. The van der Waals surface area contributed by atoms with Gasteiger partial charge in [0.2, 0.25) is 5.78 Å². The monoisotopic (exact) mass is 326 g/mol. The largest absolute Gasteiger partial charge is 0.501 e. The second-order valence-corrected chi connectivity index (χ2v) is 5.60. The maximum Gasteiger partial charge on any atom is 0.201 e. The lowest BCUT2D eigenvalue weighted by Crippen LogP contribution is -2.17. The minimum atomic E-state index is -0.351. The summed E-state index contributed by atoms with van der Waals surface area (Å²) in [7, 11) is 0. The van der Waals surface area contributed by atoms with Crippen molar-refractivity contribution in [3.05, 3.63) is 47.9 Å². The Morgan fingerprint density at radius 1 is 1.38 bits per heavy atom. The first-order valence-corrected chi connectivity index (χ1v) is 7.85. The van der Waals surface area contributed by atoms with Crippen molar-refractivity contribution in [2.75, 3.05) is 6.61 Å². The molecule has 0 saturated heterocycles. The number of ether oxygens (including phenoxy) is 1. The number of Topliss-reactive ketones (excluding diaryl/α,β-unsaturated/α-hetero) is 2. The van der Waals surface area contributed by atoms with E-state index in [1.807, 2.05) is 0 Å². The van der Waals surface area contributed by atoms with Crippen molar-refractivity contribution < 1.29 is 14.3 Å². The van der Waals surface area contributed by atoms with E-state index < -0.39 is 0 Å². The maximum atomic E-state index is 12.8. The molecule has 7 nitrogen and oxygen atoms in total. The summed E-state index contributed by atoms with van der Waals surface area (Å²) < 4.78 is 6.72. The Bertz CT molecular complexity index is 792. The normalized spacial score (nSPS) is 14.5. The van der Waals surface area contributed by atoms with Crippen LogP contribution >= 0.6 is 0 Å². The molecule has 0 bridgehead atoms. The molecule has 7 heteroatoms. The lowest BCUT2D eigenvalue weighted by Gasteiger charge is -2.09. The molecule has 1 fully saturated rings. The number of carbonyl (C=O) groups is 2. The summed E-state index contributed by atoms with van der Waals surface area (Å²) in [5, 5.41) is 4.01. The fraction of sp³-hybridized carbons (Fsp3) is 0.353. The Labute approximate surface area is 139 Å². The van der Waals surface area contributed by atoms with Crippen LogP contribution in [0.25, 0.3) is 5.82 Å². The van der Waals surface area contributed by atoms with Crippen LogP contribution in [0.1, 0.15) is 35.8 Å². The van der Waals surface area contributed by atoms with E-state index in [4.69, 9.17) is 4.74 Å². The fourth-order valence-corrected chi connectivity index (χ4v) is 2.34. The number of allylic oxidation sites excluding steroid dienone is 1. The Morgan fingerprint density at radius 2 is 2.17 bits per heavy atom. The van der Waals surface area contributed by atoms with Gasteiger partial charge in [0, 0.05) is 11.5 Å². The van der Waals surface area contributed by atoms with Crippen LogP contribution in [0.4, 0.5) is 0 Å². The SMILES string of the molecule is CCOC=C(C(=O)c1ccc(-n2cncn2)nc1C)C(=O)C1CC1. The molecule has 1 saturated carbocycles. The molecule has 24 heavy (non-hydrogen) atoms. The number of hydrogen-bond donors (Lipinski definition) is 0. The number of hydrogen-bond acceptors (Lipinski definition) is 6. The molecule has 1 aliphatic rings. The molecule has 0 aromatic carbocycles. The van der Waals surface area contributed by atoms with E-state index in [-0.39, 0.29) is 23.1 Å². The van der Waals surface area contributed by atoms with Gasteiger partial charge >= 0.3 is 0 Å². The molecule has 0 unspecified atom stereocenters. The molecule has 0 amide bonds. The van der Waals surface area contributed by atoms with Crippen molar-refractivity contribution in [1.82, 2.24) is 19.7 Å². The zero-order valence-electron chi connectivity index (χ0n) is 13.6. The summed E-state index contributed by atoms with van der Waals surface area (Å²) in [6.07, 6.45) is 5.89. The van der Waals surface area contributed by atoms with E-state index in [1.165, 1.54) is 23.6 Å². The number of rotatable bonds is 7. The van der Waals surface area contributed by atoms with E-state index in [0.29, 0.717) is 23.7 Å². The first-order valence-electron chi connectivity index (χ1n) is 7.85. The number of aromatic nitrogens is 4. The molecular formula is C17H18N4O3. The zero-order valence-corrected chi connectivity index (χ0v) is 13.6. The minimum Gasteiger partial charge on any atom is -0.501 e. The van der Waals surface area contributed by atoms with E-state index in [2.05, 4.69) is 15.1 Å². The summed E-state index contributed by atoms with van der Waals surface area (Å²) in [6.45, 7) is 3.94. The van der Waals surface area contributed by atoms with Gasteiger partial charge < -0.3 is 4.74 Å². The maximum absolute atomic E-state index is 12.8. The number of pyridine rings is 1. The average molecular weight is 326 g/mol. The highest BCUT2D eigenvalue weighted by molar-refractivity contribution is 6.27. The lowest BCUT2D eigenvalue weighted by molar-refractivity contribution is -0.116. The zero-order chi connectivity index (χ0) is 17.1. The van der Waals surface area contributed by atoms with Gasteiger partial charge in [-0.3, -0.25) is 9.59 Å². The average Bonchev–Trinajstić information content (AvgIpc) is 3.29. The van der Waals surface area contributed by atoms with Gasteiger partial charge in [-0.25, -0.2) is 14.6 Å².